The summed E-state index contributed by atoms with van der Waals surface area (Å²) in [4.78, 5) is 53.5. The first-order valence-corrected chi connectivity index (χ1v) is 12.9. The second-order valence-electron chi connectivity index (χ2n) is 10.1. The highest BCUT2D eigenvalue weighted by molar-refractivity contribution is 6.37. The van der Waals surface area contributed by atoms with Crippen LogP contribution >= 0.6 is 0 Å². The van der Waals surface area contributed by atoms with Crippen LogP contribution in [-0.2, 0) is 28.9 Å². The van der Waals surface area contributed by atoms with Gasteiger partial charge in [-0.3, -0.25) is 19.2 Å². The van der Waals surface area contributed by atoms with Crippen LogP contribution in [0.15, 0.2) is 23.0 Å². The summed E-state index contributed by atoms with van der Waals surface area (Å²) in [5.41, 5.74) is 3.09. The van der Waals surface area contributed by atoms with E-state index in [1.165, 1.54) is 11.0 Å². The Morgan fingerprint density at radius 1 is 0.944 bits per heavy atom. The Labute approximate surface area is 208 Å². The van der Waals surface area contributed by atoms with Gasteiger partial charge in [0.15, 0.2) is 0 Å². The number of Topliss-reactive ketones (excluding diaryl/α,β-unsaturated/α-hetero) is 1. The molecule has 2 aliphatic carbocycles. The molecule has 2 heterocycles. The molecule has 8 nitrogen and oxygen atoms in total. The van der Waals surface area contributed by atoms with Crippen molar-refractivity contribution in [3.8, 4) is 0 Å². The van der Waals surface area contributed by atoms with Gasteiger partial charge in [0.25, 0.3) is 17.4 Å². The predicted molar refractivity (Wildman–Crippen MR) is 130 cm³/mol. The fraction of sp³-hybridized carbons (Fsp3) is 0.519. The molecular formula is C27H31FN4O4. The quantitative estimate of drug-likeness (QED) is 0.643. The average molecular weight is 495 g/mol. The highest BCUT2D eigenvalue weighted by atomic mass is 19.1. The van der Waals surface area contributed by atoms with Crippen LogP contribution in [0.5, 0.6) is 0 Å². The van der Waals surface area contributed by atoms with Gasteiger partial charge in [0.05, 0.1) is 11.3 Å². The highest BCUT2D eigenvalue weighted by Crippen LogP contribution is 2.28. The van der Waals surface area contributed by atoms with Gasteiger partial charge in [0, 0.05) is 44.1 Å². The van der Waals surface area contributed by atoms with E-state index in [1.54, 1.807) is 17.0 Å². The van der Waals surface area contributed by atoms with E-state index in [0.29, 0.717) is 25.9 Å². The maximum Gasteiger partial charge on any atom is 0.290 e. The minimum Gasteiger partial charge on any atom is -0.337 e. The summed E-state index contributed by atoms with van der Waals surface area (Å²) in [5.74, 6) is -1.96. The Morgan fingerprint density at radius 3 is 2.42 bits per heavy atom. The van der Waals surface area contributed by atoms with Gasteiger partial charge in [-0.1, -0.05) is 12.5 Å². The minimum absolute atomic E-state index is 0.0175. The Hall–Kier alpha value is -3.36. The van der Waals surface area contributed by atoms with Gasteiger partial charge in [-0.15, -0.1) is 0 Å². The molecule has 1 aliphatic heterocycles. The molecule has 9 heteroatoms. The molecule has 0 atom stereocenters. The first-order valence-electron chi connectivity index (χ1n) is 12.9. The largest absolute Gasteiger partial charge is 0.337 e. The normalized spacial score (nSPS) is 18.2. The van der Waals surface area contributed by atoms with Gasteiger partial charge in [0.1, 0.15) is 5.82 Å². The number of amides is 2. The molecule has 3 aliphatic rings. The molecule has 0 radical (unpaired) electrons. The molecule has 190 valence electrons. The first-order chi connectivity index (χ1) is 17.4. The zero-order valence-electron chi connectivity index (χ0n) is 20.4. The Balaban J connectivity index is 1.29. The fourth-order valence-corrected chi connectivity index (χ4v) is 5.41. The number of ketones is 1. The van der Waals surface area contributed by atoms with Crippen LogP contribution in [0.4, 0.5) is 4.39 Å². The van der Waals surface area contributed by atoms with E-state index in [9.17, 15) is 23.6 Å². The lowest BCUT2D eigenvalue weighted by atomic mass is 9.82. The summed E-state index contributed by atoms with van der Waals surface area (Å²) >= 11 is 0. The molecule has 0 bridgehead atoms. The number of hydrogen-bond donors (Lipinski definition) is 1. The third-order valence-electron chi connectivity index (χ3n) is 7.77. The molecule has 1 aromatic heterocycles. The molecule has 36 heavy (non-hydrogen) atoms. The number of H-pyrrole nitrogens is 1. The van der Waals surface area contributed by atoms with Crippen LogP contribution in [0.1, 0.15) is 71.3 Å². The first kappa shape index (κ1) is 24.3. The third-order valence-corrected chi connectivity index (χ3v) is 7.77. The number of fused-ring (bicyclic) bond motifs is 1. The molecule has 0 spiro atoms. The van der Waals surface area contributed by atoms with Gasteiger partial charge in [-0.25, -0.2) is 9.49 Å². The molecule has 1 N–H and O–H groups in total. The molecule has 2 aromatic rings. The summed E-state index contributed by atoms with van der Waals surface area (Å²) in [6.07, 6.45) is 6.95. The summed E-state index contributed by atoms with van der Waals surface area (Å²) in [6.45, 7) is 1.31. The van der Waals surface area contributed by atoms with E-state index >= 15 is 0 Å². The summed E-state index contributed by atoms with van der Waals surface area (Å²) < 4.78 is 14.8. The third kappa shape index (κ3) is 4.83. The van der Waals surface area contributed by atoms with Crippen molar-refractivity contribution in [2.75, 3.05) is 26.2 Å². The van der Waals surface area contributed by atoms with Crippen molar-refractivity contribution in [1.82, 2.24) is 20.0 Å². The number of aromatic nitrogens is 2. The van der Waals surface area contributed by atoms with Crippen LogP contribution in [0.25, 0.3) is 0 Å². The molecular weight excluding hydrogens is 463 g/mol. The number of halogens is 1. The number of rotatable bonds is 5. The standard InChI is InChI=1S/C27H31FN4O4/c28-22-10-9-17(16-23-19-7-1-2-8-20(19)25(34)30-29-23)15-21(22)26(35)31-11-4-12-32(14-13-31)27(36)24(33)18-5-3-6-18/h9-10,15,18H,1-8,11-14,16H2,(H,30,34). The van der Waals surface area contributed by atoms with Crippen molar-refractivity contribution in [3.63, 3.8) is 0 Å². The summed E-state index contributed by atoms with van der Waals surface area (Å²) in [6, 6.07) is 4.50. The fourth-order valence-electron chi connectivity index (χ4n) is 5.41. The highest BCUT2D eigenvalue weighted by Gasteiger charge is 2.34. The maximum absolute atomic E-state index is 14.8. The van der Waals surface area contributed by atoms with Crippen molar-refractivity contribution in [3.05, 3.63) is 62.3 Å². The molecule has 1 saturated heterocycles. The van der Waals surface area contributed by atoms with E-state index in [-0.39, 0.29) is 35.9 Å². The predicted octanol–water partition coefficient (Wildman–Crippen LogP) is 2.42. The Kier molecular flexibility index (Phi) is 6.98. The van der Waals surface area contributed by atoms with Crippen molar-refractivity contribution in [2.24, 2.45) is 5.92 Å². The van der Waals surface area contributed by atoms with E-state index in [0.717, 1.165) is 67.3 Å². The van der Waals surface area contributed by atoms with Gasteiger partial charge < -0.3 is 9.80 Å². The van der Waals surface area contributed by atoms with E-state index in [2.05, 4.69) is 10.2 Å². The monoisotopic (exact) mass is 494 g/mol. The maximum atomic E-state index is 14.8. The van der Waals surface area contributed by atoms with Crippen LogP contribution < -0.4 is 5.56 Å². The Morgan fingerprint density at radius 2 is 1.67 bits per heavy atom. The number of aromatic amines is 1. The lowest BCUT2D eigenvalue weighted by Gasteiger charge is -2.27. The second-order valence-corrected chi connectivity index (χ2v) is 10.1. The van der Waals surface area contributed by atoms with Crippen molar-refractivity contribution >= 4 is 17.6 Å². The second kappa shape index (κ2) is 10.3. The minimum atomic E-state index is -0.599. The molecule has 1 aromatic carbocycles. The van der Waals surface area contributed by atoms with Gasteiger partial charge in [-0.05, 0) is 68.2 Å². The SMILES string of the molecule is O=C(C(=O)N1CCCN(C(=O)c2cc(Cc3n[nH]c(=O)c4c3CCCC4)ccc2F)CC1)C1CCC1. The van der Waals surface area contributed by atoms with Crippen molar-refractivity contribution in [2.45, 2.75) is 57.8 Å². The number of nitrogens with one attached hydrogen (secondary N) is 1. The smallest absolute Gasteiger partial charge is 0.290 e. The van der Waals surface area contributed by atoms with E-state index in [4.69, 9.17) is 0 Å². The van der Waals surface area contributed by atoms with Crippen LogP contribution in [0.3, 0.4) is 0 Å². The van der Waals surface area contributed by atoms with Crippen molar-refractivity contribution in [1.29, 1.82) is 0 Å². The van der Waals surface area contributed by atoms with Gasteiger partial charge in [-0.2, -0.15) is 5.10 Å². The molecule has 0 unspecified atom stereocenters. The Bertz CT molecular complexity index is 1250. The zero-order chi connectivity index (χ0) is 25.2. The van der Waals surface area contributed by atoms with Crippen molar-refractivity contribution < 1.29 is 18.8 Å². The lowest BCUT2D eigenvalue weighted by molar-refractivity contribution is -0.148. The van der Waals surface area contributed by atoms with Gasteiger partial charge >= 0.3 is 0 Å². The number of nitrogens with zero attached hydrogens (tertiary/aromatic N) is 3. The number of carbonyl (C=O) groups is 3. The van der Waals surface area contributed by atoms with Gasteiger partial charge in [0.2, 0.25) is 5.78 Å². The summed E-state index contributed by atoms with van der Waals surface area (Å²) in [5, 5.41) is 6.84. The summed E-state index contributed by atoms with van der Waals surface area (Å²) in [7, 11) is 0. The molecule has 1 saturated carbocycles. The topological polar surface area (TPSA) is 103 Å². The molecule has 2 fully saturated rings. The van der Waals surface area contributed by atoms with Crippen LogP contribution in [0.2, 0.25) is 0 Å². The lowest BCUT2D eigenvalue weighted by Crippen LogP contribution is -2.43. The average Bonchev–Trinajstić information content (AvgIpc) is 3.11. The zero-order valence-corrected chi connectivity index (χ0v) is 20.4. The molecule has 5 rings (SSSR count). The van der Waals surface area contributed by atoms with E-state index in [1.807, 2.05) is 0 Å². The number of hydrogen-bond acceptors (Lipinski definition) is 5. The van der Waals surface area contributed by atoms with Crippen LogP contribution in [-0.4, -0.2) is 63.8 Å². The van der Waals surface area contributed by atoms with E-state index < -0.39 is 17.6 Å². The van der Waals surface area contributed by atoms with Crippen LogP contribution in [0, 0.1) is 11.7 Å². The number of benzene rings is 1. The molecule has 2 amide bonds. The number of carbonyl (C=O) groups excluding carboxylic acids is 3.